The van der Waals surface area contributed by atoms with Crippen molar-refractivity contribution < 1.29 is 4.79 Å². The van der Waals surface area contributed by atoms with E-state index in [-0.39, 0.29) is 22.9 Å². The third-order valence-electron chi connectivity index (χ3n) is 7.77. The van der Waals surface area contributed by atoms with Crippen LogP contribution < -0.4 is 21.1 Å². The van der Waals surface area contributed by atoms with Gasteiger partial charge in [0, 0.05) is 60.7 Å². The monoisotopic (exact) mass is 508 g/mol. The van der Waals surface area contributed by atoms with Crippen LogP contribution in [-0.2, 0) is 0 Å². The summed E-state index contributed by atoms with van der Waals surface area (Å²) in [5.41, 5.74) is 3.74. The Labute approximate surface area is 221 Å². The molecule has 0 amide bonds. The van der Waals surface area contributed by atoms with E-state index in [1.165, 1.54) is 5.69 Å². The molecule has 2 aromatic heterocycles. The van der Waals surface area contributed by atoms with Crippen LogP contribution in [0.15, 0.2) is 65.6 Å². The van der Waals surface area contributed by atoms with Crippen LogP contribution in [0, 0.1) is 6.92 Å². The average molecular weight is 509 g/mol. The summed E-state index contributed by atoms with van der Waals surface area (Å²) in [7, 11) is 0. The third kappa shape index (κ3) is 4.56. The van der Waals surface area contributed by atoms with Crippen LogP contribution in [0.1, 0.15) is 53.2 Å². The highest BCUT2D eigenvalue weighted by molar-refractivity contribution is 6.11. The molecular weight excluding hydrogens is 476 g/mol. The number of benzene rings is 2. The summed E-state index contributed by atoms with van der Waals surface area (Å²) >= 11 is 0. The highest BCUT2D eigenvalue weighted by atomic mass is 16.1. The Kier molecular flexibility index (Phi) is 6.64. The van der Waals surface area contributed by atoms with E-state index < -0.39 is 0 Å². The fraction of sp³-hybridized carbons (Fsp3) is 0.333. The molecule has 0 bridgehead atoms. The fourth-order valence-electron chi connectivity index (χ4n) is 5.70. The van der Waals surface area contributed by atoms with Crippen LogP contribution in [0.2, 0.25) is 0 Å². The molecule has 194 valence electrons. The van der Waals surface area contributed by atoms with Crippen molar-refractivity contribution >= 4 is 34.1 Å². The molecule has 1 saturated heterocycles. The van der Waals surface area contributed by atoms with Gasteiger partial charge < -0.3 is 15.5 Å². The number of nitrogens with one attached hydrogen (secondary N) is 2. The molecule has 0 atom stereocenters. The summed E-state index contributed by atoms with van der Waals surface area (Å²) in [5.74, 6) is 0.175. The number of ketones is 1. The second kappa shape index (κ2) is 10.4. The predicted molar refractivity (Wildman–Crippen MR) is 151 cm³/mol. The van der Waals surface area contributed by atoms with E-state index in [1.54, 1.807) is 22.9 Å². The molecule has 38 heavy (non-hydrogen) atoms. The summed E-state index contributed by atoms with van der Waals surface area (Å²) in [4.78, 5) is 39.2. The quantitative estimate of drug-likeness (QED) is 0.368. The highest BCUT2D eigenvalue weighted by Gasteiger charge is 2.27. The normalized spacial score (nSPS) is 16.2. The zero-order chi connectivity index (χ0) is 26.1. The van der Waals surface area contributed by atoms with E-state index in [1.807, 2.05) is 37.3 Å². The first-order valence-corrected chi connectivity index (χ1v) is 13.4. The minimum atomic E-state index is -0.263. The molecule has 0 radical (unpaired) electrons. The second-order valence-corrected chi connectivity index (χ2v) is 10.1. The first kappa shape index (κ1) is 24.3. The molecule has 0 unspecified atom stereocenters. The molecule has 6 rings (SSSR count). The highest BCUT2D eigenvalue weighted by Crippen LogP contribution is 2.32. The van der Waals surface area contributed by atoms with Crippen LogP contribution >= 0.6 is 0 Å². The Morgan fingerprint density at radius 3 is 2.42 bits per heavy atom. The number of piperazine rings is 1. The van der Waals surface area contributed by atoms with Crippen LogP contribution in [0.25, 0.3) is 11.0 Å². The van der Waals surface area contributed by atoms with Crippen LogP contribution in [0.4, 0.5) is 17.3 Å². The van der Waals surface area contributed by atoms with Gasteiger partial charge in [-0.05, 0) is 49.6 Å². The molecule has 8 heteroatoms. The standard InChI is InChI=1S/C30H32N6O2/c1-20-25-19-32-30(33-22-11-13-23(14-12-22)35-17-15-31-16-18-35)34-28(25)36(24-9-5-6-10-24)29(38)26(20)27(37)21-7-3-2-4-8-21/h2-4,7-8,11-14,19,24,31H,5-6,9-10,15-18H2,1H3,(H,32,33,34). The Balaban J connectivity index is 1.39. The van der Waals surface area contributed by atoms with Gasteiger partial charge in [-0.25, -0.2) is 4.98 Å². The van der Waals surface area contributed by atoms with Crippen molar-refractivity contribution in [3.8, 4) is 0 Å². The molecule has 1 saturated carbocycles. The number of hydrogen-bond donors (Lipinski definition) is 2. The lowest BCUT2D eigenvalue weighted by Crippen LogP contribution is -2.43. The third-order valence-corrected chi connectivity index (χ3v) is 7.77. The Morgan fingerprint density at radius 1 is 1.00 bits per heavy atom. The summed E-state index contributed by atoms with van der Waals surface area (Å²) in [6.07, 6.45) is 5.66. The van der Waals surface area contributed by atoms with E-state index in [9.17, 15) is 9.59 Å². The lowest BCUT2D eigenvalue weighted by molar-refractivity contribution is 0.103. The topological polar surface area (TPSA) is 92.2 Å². The van der Waals surface area contributed by atoms with Crippen LogP contribution in [-0.4, -0.2) is 46.5 Å². The minimum absolute atomic E-state index is 0.0222. The number of rotatable bonds is 6. The number of carbonyl (C=O) groups is 1. The van der Waals surface area contributed by atoms with Gasteiger partial charge in [0.1, 0.15) is 5.65 Å². The molecule has 2 fully saturated rings. The maximum Gasteiger partial charge on any atom is 0.264 e. The van der Waals surface area contributed by atoms with Crippen molar-refractivity contribution in [3.05, 3.63) is 87.8 Å². The van der Waals surface area contributed by atoms with Crippen molar-refractivity contribution in [2.24, 2.45) is 0 Å². The summed E-state index contributed by atoms with van der Waals surface area (Å²) in [5, 5.41) is 7.42. The molecular formula is C30H32N6O2. The van der Waals surface area contributed by atoms with E-state index in [4.69, 9.17) is 4.98 Å². The molecule has 0 spiro atoms. The van der Waals surface area contributed by atoms with E-state index in [2.05, 4.69) is 32.7 Å². The van der Waals surface area contributed by atoms with Crippen molar-refractivity contribution in [3.63, 3.8) is 0 Å². The number of nitrogens with zero attached hydrogens (tertiary/aromatic N) is 4. The Hall–Kier alpha value is -4.04. The van der Waals surface area contributed by atoms with E-state index >= 15 is 0 Å². The lowest BCUT2D eigenvalue weighted by Gasteiger charge is -2.29. The van der Waals surface area contributed by atoms with Gasteiger partial charge in [0.2, 0.25) is 5.95 Å². The smallest absolute Gasteiger partial charge is 0.264 e. The van der Waals surface area contributed by atoms with E-state index in [0.717, 1.165) is 62.9 Å². The van der Waals surface area contributed by atoms with Crippen LogP contribution in [0.5, 0.6) is 0 Å². The molecule has 1 aliphatic heterocycles. The van der Waals surface area contributed by atoms with Crippen LogP contribution in [0.3, 0.4) is 0 Å². The van der Waals surface area contributed by atoms with Crippen molar-refractivity contribution in [1.82, 2.24) is 19.9 Å². The number of hydrogen-bond acceptors (Lipinski definition) is 7. The molecule has 4 aromatic rings. The minimum Gasteiger partial charge on any atom is -0.369 e. The first-order chi connectivity index (χ1) is 18.6. The number of aryl methyl sites for hydroxylation is 1. The maximum atomic E-state index is 13.9. The average Bonchev–Trinajstić information content (AvgIpc) is 3.49. The largest absolute Gasteiger partial charge is 0.369 e. The maximum absolute atomic E-state index is 13.9. The van der Waals surface area contributed by atoms with E-state index in [0.29, 0.717) is 22.7 Å². The van der Waals surface area contributed by atoms with Crippen molar-refractivity contribution in [2.45, 2.75) is 38.6 Å². The number of fused-ring (bicyclic) bond motifs is 1. The number of anilines is 3. The Bertz CT molecular complexity index is 1520. The zero-order valence-corrected chi connectivity index (χ0v) is 21.6. The van der Waals surface area contributed by atoms with Gasteiger partial charge in [-0.1, -0.05) is 43.2 Å². The van der Waals surface area contributed by atoms with Gasteiger partial charge >= 0.3 is 0 Å². The molecule has 8 nitrogen and oxygen atoms in total. The zero-order valence-electron chi connectivity index (χ0n) is 21.6. The van der Waals surface area contributed by atoms with Crippen molar-refractivity contribution in [1.29, 1.82) is 0 Å². The van der Waals surface area contributed by atoms with Gasteiger partial charge in [-0.3, -0.25) is 14.2 Å². The molecule has 1 aliphatic carbocycles. The molecule has 2 aromatic carbocycles. The van der Waals surface area contributed by atoms with Gasteiger partial charge in [0.05, 0.1) is 5.56 Å². The fourth-order valence-corrected chi connectivity index (χ4v) is 5.70. The Morgan fingerprint density at radius 2 is 1.71 bits per heavy atom. The van der Waals surface area contributed by atoms with Gasteiger partial charge in [-0.15, -0.1) is 0 Å². The molecule has 3 heterocycles. The first-order valence-electron chi connectivity index (χ1n) is 13.4. The number of carbonyl (C=O) groups excluding carboxylic acids is 1. The van der Waals surface area contributed by atoms with Gasteiger partial charge in [0.25, 0.3) is 5.56 Å². The second-order valence-electron chi connectivity index (χ2n) is 10.1. The summed E-state index contributed by atoms with van der Waals surface area (Å²) < 4.78 is 1.76. The van der Waals surface area contributed by atoms with Gasteiger partial charge in [-0.2, -0.15) is 4.98 Å². The van der Waals surface area contributed by atoms with Gasteiger partial charge in [0.15, 0.2) is 5.78 Å². The summed E-state index contributed by atoms with van der Waals surface area (Å²) in [6, 6.07) is 17.3. The molecule has 2 aliphatic rings. The number of aromatic nitrogens is 3. The number of pyridine rings is 1. The predicted octanol–water partition coefficient (Wildman–Crippen LogP) is 4.60. The van der Waals surface area contributed by atoms with Crippen molar-refractivity contribution in [2.75, 3.05) is 36.4 Å². The summed E-state index contributed by atoms with van der Waals surface area (Å²) in [6.45, 7) is 5.79. The lowest BCUT2D eigenvalue weighted by atomic mass is 9.98. The SMILES string of the molecule is Cc1c(C(=O)c2ccccc2)c(=O)n(C2CCCC2)c2nc(Nc3ccc(N4CCNCC4)cc3)ncc12. The molecule has 2 N–H and O–H groups in total.